The van der Waals surface area contributed by atoms with E-state index in [1.165, 1.54) is 6.07 Å². The van der Waals surface area contributed by atoms with Gasteiger partial charge in [0.2, 0.25) is 0 Å². The molecule has 0 saturated carbocycles. The highest BCUT2D eigenvalue weighted by molar-refractivity contribution is 6.00. The van der Waals surface area contributed by atoms with E-state index < -0.39 is 24.5 Å². The van der Waals surface area contributed by atoms with Gasteiger partial charge in [0.1, 0.15) is 11.6 Å². The monoisotopic (exact) mass is 570 g/mol. The zero-order valence-electron chi connectivity index (χ0n) is 23.6. The molecule has 220 valence electrons. The van der Waals surface area contributed by atoms with Gasteiger partial charge in [0, 0.05) is 55.9 Å². The van der Waals surface area contributed by atoms with E-state index in [4.69, 9.17) is 14.2 Å². The lowest BCUT2D eigenvalue weighted by Gasteiger charge is -2.35. The smallest absolute Gasteiger partial charge is 0.387 e. The van der Waals surface area contributed by atoms with Crippen molar-refractivity contribution in [2.75, 3.05) is 50.8 Å². The molecule has 3 heterocycles. The number of carbonyl (C=O) groups excluding carboxylic acids is 2. The van der Waals surface area contributed by atoms with Crippen molar-refractivity contribution in [3.05, 3.63) is 76.8 Å². The number of piperazine rings is 1. The molecular formula is C30H36F2N4O5. The predicted molar refractivity (Wildman–Crippen MR) is 149 cm³/mol. The number of carbonyl (C=O) groups is 2. The Hall–Kier alpha value is -3.99. The molecule has 1 aromatic carbocycles. The molecule has 1 N–H and O–H groups in total. The van der Waals surface area contributed by atoms with Gasteiger partial charge in [0.05, 0.1) is 30.3 Å². The van der Waals surface area contributed by atoms with Crippen LogP contribution in [-0.2, 0) is 19.1 Å². The SMILES string of the molecule is CCOC(=O)C1=C(C)NC(C)=C(C(=O)OCCCN2CCN(c3ccccn3)CC2)C1c1ccccc1OC(F)F. The third-order valence-corrected chi connectivity index (χ3v) is 7.12. The number of rotatable bonds is 11. The van der Waals surface area contributed by atoms with Gasteiger partial charge in [-0.15, -0.1) is 0 Å². The van der Waals surface area contributed by atoms with Crippen LogP contribution in [0.2, 0.25) is 0 Å². The minimum Gasteiger partial charge on any atom is -0.463 e. The zero-order valence-corrected chi connectivity index (χ0v) is 23.6. The first-order valence-corrected chi connectivity index (χ1v) is 13.7. The Morgan fingerprint density at radius 1 is 0.976 bits per heavy atom. The third-order valence-electron chi connectivity index (χ3n) is 7.12. The fourth-order valence-electron chi connectivity index (χ4n) is 5.25. The van der Waals surface area contributed by atoms with Gasteiger partial charge < -0.3 is 24.4 Å². The highest BCUT2D eigenvalue weighted by Gasteiger charge is 2.39. The van der Waals surface area contributed by atoms with Crippen LogP contribution in [-0.4, -0.2) is 74.4 Å². The molecule has 0 bridgehead atoms. The van der Waals surface area contributed by atoms with Crippen LogP contribution in [0.5, 0.6) is 5.75 Å². The van der Waals surface area contributed by atoms with E-state index in [9.17, 15) is 18.4 Å². The third kappa shape index (κ3) is 7.40. The second-order valence-electron chi connectivity index (χ2n) is 9.78. The fraction of sp³-hybridized carbons (Fsp3) is 0.433. The molecule has 1 fully saturated rings. The predicted octanol–water partition coefficient (Wildman–Crippen LogP) is 4.24. The highest BCUT2D eigenvalue weighted by atomic mass is 19.3. The number of aromatic nitrogens is 1. The first-order valence-electron chi connectivity index (χ1n) is 13.7. The number of allylic oxidation sites excluding steroid dienone is 2. The Bertz CT molecular complexity index is 1280. The summed E-state index contributed by atoms with van der Waals surface area (Å²) in [7, 11) is 0. The summed E-state index contributed by atoms with van der Waals surface area (Å²) in [6, 6.07) is 12.0. The summed E-state index contributed by atoms with van der Waals surface area (Å²) in [6.07, 6.45) is 2.40. The lowest BCUT2D eigenvalue weighted by molar-refractivity contribution is -0.140. The van der Waals surface area contributed by atoms with Gasteiger partial charge in [-0.05, 0) is 45.4 Å². The number of alkyl halides is 2. The van der Waals surface area contributed by atoms with Crippen molar-refractivity contribution in [2.24, 2.45) is 0 Å². The topological polar surface area (TPSA) is 93.2 Å². The van der Waals surface area contributed by atoms with Crippen molar-refractivity contribution in [2.45, 2.75) is 39.7 Å². The van der Waals surface area contributed by atoms with E-state index in [1.54, 1.807) is 45.2 Å². The number of nitrogens with one attached hydrogen (secondary N) is 1. The number of anilines is 1. The van der Waals surface area contributed by atoms with E-state index >= 15 is 0 Å². The molecule has 0 amide bonds. The molecule has 2 aromatic rings. The standard InChI is InChI=1S/C30H36F2N4O5/c1-4-39-28(37)25-20(2)34-21(3)26(27(25)22-10-5-6-11-23(22)41-30(31)32)29(38)40-19-9-14-35-15-17-36(18-16-35)24-12-7-8-13-33-24/h5-8,10-13,27,30,34H,4,9,14-19H2,1-3H3. The number of dihydropyridines is 1. The molecule has 1 saturated heterocycles. The average Bonchev–Trinajstić information content (AvgIpc) is 2.95. The van der Waals surface area contributed by atoms with Gasteiger partial charge in [-0.2, -0.15) is 8.78 Å². The van der Waals surface area contributed by atoms with E-state index in [0.717, 1.165) is 38.5 Å². The number of nitrogens with zero attached hydrogens (tertiary/aromatic N) is 3. The molecule has 11 heteroatoms. The van der Waals surface area contributed by atoms with Crippen LogP contribution < -0.4 is 15.0 Å². The Morgan fingerprint density at radius 2 is 1.63 bits per heavy atom. The molecule has 1 atom stereocenters. The average molecular weight is 571 g/mol. The molecular weight excluding hydrogens is 534 g/mol. The minimum absolute atomic E-state index is 0.107. The van der Waals surface area contributed by atoms with Gasteiger partial charge >= 0.3 is 18.6 Å². The van der Waals surface area contributed by atoms with Crippen molar-refractivity contribution in [3.8, 4) is 5.75 Å². The maximum atomic E-state index is 13.5. The Kier molecular flexibility index (Phi) is 10.3. The molecule has 41 heavy (non-hydrogen) atoms. The molecule has 1 aromatic heterocycles. The lowest BCUT2D eigenvalue weighted by Crippen LogP contribution is -2.47. The largest absolute Gasteiger partial charge is 0.463 e. The molecule has 2 aliphatic rings. The molecule has 1 unspecified atom stereocenters. The van der Waals surface area contributed by atoms with Crippen molar-refractivity contribution in [1.29, 1.82) is 0 Å². The highest BCUT2D eigenvalue weighted by Crippen LogP contribution is 2.43. The first kappa shape index (κ1) is 30.0. The molecule has 9 nitrogen and oxygen atoms in total. The maximum absolute atomic E-state index is 13.5. The number of halogens is 2. The van der Waals surface area contributed by atoms with Gasteiger partial charge in [-0.25, -0.2) is 14.6 Å². The van der Waals surface area contributed by atoms with Gasteiger partial charge in [-0.1, -0.05) is 24.3 Å². The summed E-state index contributed by atoms with van der Waals surface area (Å²) in [5.74, 6) is -1.48. The summed E-state index contributed by atoms with van der Waals surface area (Å²) < 4.78 is 42.3. The van der Waals surface area contributed by atoms with E-state index in [-0.39, 0.29) is 35.7 Å². The second-order valence-corrected chi connectivity index (χ2v) is 9.78. The summed E-state index contributed by atoms with van der Waals surface area (Å²) >= 11 is 0. The van der Waals surface area contributed by atoms with Gasteiger partial charge in [-0.3, -0.25) is 4.90 Å². The number of pyridine rings is 1. The van der Waals surface area contributed by atoms with Crippen LogP contribution in [0.15, 0.2) is 71.2 Å². The molecule has 4 rings (SSSR count). The van der Waals surface area contributed by atoms with Crippen LogP contribution in [0.4, 0.5) is 14.6 Å². The van der Waals surface area contributed by atoms with Crippen LogP contribution in [0, 0.1) is 0 Å². The van der Waals surface area contributed by atoms with E-state index in [1.807, 2.05) is 18.2 Å². The molecule has 0 aliphatic carbocycles. The Morgan fingerprint density at radius 3 is 2.27 bits per heavy atom. The van der Waals surface area contributed by atoms with Crippen molar-refractivity contribution in [3.63, 3.8) is 0 Å². The van der Waals surface area contributed by atoms with E-state index in [2.05, 4.69) is 20.1 Å². The molecule has 0 spiro atoms. The molecule has 2 aliphatic heterocycles. The number of hydrogen-bond donors (Lipinski definition) is 1. The first-order chi connectivity index (χ1) is 19.8. The lowest BCUT2D eigenvalue weighted by atomic mass is 9.80. The summed E-state index contributed by atoms with van der Waals surface area (Å²) in [4.78, 5) is 35.5. The van der Waals surface area contributed by atoms with Crippen molar-refractivity contribution < 1.29 is 32.6 Å². The fourth-order valence-corrected chi connectivity index (χ4v) is 5.25. The van der Waals surface area contributed by atoms with Gasteiger partial charge in [0.25, 0.3) is 0 Å². The summed E-state index contributed by atoms with van der Waals surface area (Å²) in [6.45, 7) is 6.43. The quantitative estimate of drug-likeness (QED) is 0.315. The number of ether oxygens (including phenoxy) is 3. The normalized spacial score (nSPS) is 17.9. The van der Waals surface area contributed by atoms with Crippen LogP contribution in [0.1, 0.15) is 38.7 Å². The van der Waals surface area contributed by atoms with Crippen molar-refractivity contribution in [1.82, 2.24) is 15.2 Å². The number of esters is 2. The number of para-hydroxylation sites is 1. The van der Waals surface area contributed by atoms with E-state index in [0.29, 0.717) is 17.8 Å². The van der Waals surface area contributed by atoms with Gasteiger partial charge in [0.15, 0.2) is 0 Å². The summed E-state index contributed by atoms with van der Waals surface area (Å²) in [5, 5.41) is 3.07. The van der Waals surface area contributed by atoms with Crippen LogP contribution in [0.25, 0.3) is 0 Å². The number of benzene rings is 1. The maximum Gasteiger partial charge on any atom is 0.387 e. The Labute approximate surface area is 238 Å². The van der Waals surface area contributed by atoms with Crippen LogP contribution >= 0.6 is 0 Å². The zero-order chi connectivity index (χ0) is 29.4. The summed E-state index contributed by atoms with van der Waals surface area (Å²) in [5.41, 5.74) is 1.45. The Balaban J connectivity index is 1.44. The van der Waals surface area contributed by atoms with Crippen molar-refractivity contribution >= 4 is 17.8 Å². The number of hydrogen-bond acceptors (Lipinski definition) is 9. The minimum atomic E-state index is -3.08. The second kappa shape index (κ2) is 14.1. The van der Waals surface area contributed by atoms with Crippen LogP contribution in [0.3, 0.4) is 0 Å². The molecule has 0 radical (unpaired) electrons.